The minimum absolute atomic E-state index is 0.340. The molecule has 0 aromatic carbocycles. The Morgan fingerprint density at radius 2 is 2.07 bits per heavy atom. The summed E-state index contributed by atoms with van der Waals surface area (Å²) in [5.74, 6) is -0.437. The molecule has 15 heavy (non-hydrogen) atoms. The molecular formula is C11H15NO3. The number of carbonyl (C=O) groups excluding carboxylic acids is 2. The summed E-state index contributed by atoms with van der Waals surface area (Å²) in [7, 11) is 0. The highest BCUT2D eigenvalue weighted by atomic mass is 16.6. The first-order valence-corrected chi connectivity index (χ1v) is 4.71. The van der Waals surface area contributed by atoms with E-state index in [1.165, 1.54) is 6.20 Å². The van der Waals surface area contributed by atoms with E-state index in [-0.39, 0.29) is 0 Å². The topological polar surface area (TPSA) is 59.2 Å². The van der Waals surface area contributed by atoms with Crippen molar-refractivity contribution in [1.29, 1.82) is 0 Å². The van der Waals surface area contributed by atoms with E-state index < -0.39 is 11.6 Å². The van der Waals surface area contributed by atoms with Crippen molar-refractivity contribution in [2.45, 2.75) is 33.3 Å². The van der Waals surface area contributed by atoms with Crippen LogP contribution in [0.15, 0.2) is 6.20 Å². The number of hydrogen-bond acceptors (Lipinski definition) is 3. The van der Waals surface area contributed by atoms with Crippen LogP contribution in [-0.4, -0.2) is 22.8 Å². The van der Waals surface area contributed by atoms with E-state index >= 15 is 0 Å². The second kappa shape index (κ2) is 3.88. The largest absolute Gasteiger partial charge is 0.455 e. The third-order valence-electron chi connectivity index (χ3n) is 1.91. The molecule has 1 N–H and O–H groups in total. The normalized spacial score (nSPS) is 11.2. The zero-order valence-corrected chi connectivity index (χ0v) is 9.38. The van der Waals surface area contributed by atoms with E-state index in [2.05, 4.69) is 4.98 Å². The summed E-state index contributed by atoms with van der Waals surface area (Å²) in [6.45, 7) is 7.09. The van der Waals surface area contributed by atoms with Gasteiger partial charge in [-0.2, -0.15) is 0 Å². The summed E-state index contributed by atoms with van der Waals surface area (Å²) in [5, 5.41) is 0. The lowest BCUT2D eigenvalue weighted by Crippen LogP contribution is -2.24. The molecule has 1 aromatic rings. The van der Waals surface area contributed by atoms with Crippen molar-refractivity contribution >= 4 is 12.3 Å². The van der Waals surface area contributed by atoms with Crippen molar-refractivity contribution in [3.8, 4) is 0 Å². The van der Waals surface area contributed by atoms with E-state index in [0.29, 0.717) is 23.1 Å². The summed E-state index contributed by atoms with van der Waals surface area (Å²) in [5.41, 5.74) is 0.915. The van der Waals surface area contributed by atoms with E-state index in [1.807, 2.05) is 0 Å². The Balaban J connectivity index is 2.92. The molecule has 0 aliphatic carbocycles. The third-order valence-corrected chi connectivity index (χ3v) is 1.91. The molecule has 1 aromatic heterocycles. The van der Waals surface area contributed by atoms with Crippen LogP contribution in [0.25, 0.3) is 0 Å². The number of aromatic amines is 1. The van der Waals surface area contributed by atoms with Gasteiger partial charge in [-0.25, -0.2) is 4.79 Å². The second-order valence-electron chi connectivity index (χ2n) is 4.36. The molecule has 82 valence electrons. The first kappa shape index (κ1) is 11.5. The van der Waals surface area contributed by atoms with Gasteiger partial charge in [-0.3, -0.25) is 4.79 Å². The number of H-pyrrole nitrogens is 1. The van der Waals surface area contributed by atoms with Crippen LogP contribution < -0.4 is 0 Å². The standard InChI is InChI=1S/C11H15NO3/c1-7-8(6-13)5-12-9(7)10(14)15-11(2,3)4/h5-6,12H,1-4H3. The van der Waals surface area contributed by atoms with Crippen LogP contribution in [0.4, 0.5) is 0 Å². The van der Waals surface area contributed by atoms with Crippen molar-refractivity contribution in [3.63, 3.8) is 0 Å². The lowest BCUT2D eigenvalue weighted by atomic mass is 10.1. The first-order chi connectivity index (χ1) is 6.85. The SMILES string of the molecule is Cc1c(C=O)c[nH]c1C(=O)OC(C)(C)C. The lowest BCUT2D eigenvalue weighted by Gasteiger charge is -2.19. The number of carbonyl (C=O) groups is 2. The van der Waals surface area contributed by atoms with Gasteiger partial charge in [0.1, 0.15) is 11.3 Å². The number of ether oxygens (including phenoxy) is 1. The van der Waals surface area contributed by atoms with Gasteiger partial charge >= 0.3 is 5.97 Å². The minimum Gasteiger partial charge on any atom is -0.455 e. The molecule has 0 aliphatic heterocycles. The molecule has 0 aliphatic rings. The number of esters is 1. The van der Waals surface area contributed by atoms with Crippen LogP contribution in [0, 0.1) is 6.92 Å². The Morgan fingerprint density at radius 3 is 2.47 bits per heavy atom. The summed E-state index contributed by atoms with van der Waals surface area (Å²) in [4.78, 5) is 25.0. The van der Waals surface area contributed by atoms with E-state index in [1.54, 1.807) is 27.7 Å². The van der Waals surface area contributed by atoms with Crippen molar-refractivity contribution in [1.82, 2.24) is 4.98 Å². The summed E-state index contributed by atoms with van der Waals surface area (Å²) >= 11 is 0. The number of rotatable bonds is 2. The molecule has 4 nitrogen and oxygen atoms in total. The average Bonchev–Trinajstić information content (AvgIpc) is 2.43. The van der Waals surface area contributed by atoms with Gasteiger partial charge < -0.3 is 9.72 Å². The van der Waals surface area contributed by atoms with Crippen LogP contribution in [0.5, 0.6) is 0 Å². The fourth-order valence-corrected chi connectivity index (χ4v) is 1.17. The van der Waals surface area contributed by atoms with Crippen molar-refractivity contribution in [2.24, 2.45) is 0 Å². The molecule has 0 bridgehead atoms. The molecule has 0 fully saturated rings. The summed E-state index contributed by atoms with van der Waals surface area (Å²) < 4.78 is 5.18. The summed E-state index contributed by atoms with van der Waals surface area (Å²) in [6.07, 6.45) is 2.21. The van der Waals surface area contributed by atoms with Gasteiger partial charge in [0.15, 0.2) is 6.29 Å². The Hall–Kier alpha value is -1.58. The molecule has 0 saturated heterocycles. The summed E-state index contributed by atoms with van der Waals surface area (Å²) in [6, 6.07) is 0. The third kappa shape index (κ3) is 2.68. The maximum Gasteiger partial charge on any atom is 0.355 e. The Labute approximate surface area is 88.6 Å². The average molecular weight is 209 g/mol. The van der Waals surface area contributed by atoms with Crippen LogP contribution >= 0.6 is 0 Å². The first-order valence-electron chi connectivity index (χ1n) is 4.71. The lowest BCUT2D eigenvalue weighted by molar-refractivity contribution is 0.00628. The molecule has 0 radical (unpaired) electrons. The van der Waals surface area contributed by atoms with Crippen molar-refractivity contribution in [2.75, 3.05) is 0 Å². The van der Waals surface area contributed by atoms with E-state index in [9.17, 15) is 9.59 Å². The molecular weight excluding hydrogens is 194 g/mol. The van der Waals surface area contributed by atoms with Crippen LogP contribution in [0.3, 0.4) is 0 Å². The molecule has 0 amide bonds. The van der Waals surface area contributed by atoms with Gasteiger partial charge in [0.05, 0.1) is 0 Å². The second-order valence-corrected chi connectivity index (χ2v) is 4.36. The molecule has 0 saturated carbocycles. The van der Waals surface area contributed by atoms with Gasteiger partial charge in [0.2, 0.25) is 0 Å². The highest BCUT2D eigenvalue weighted by Gasteiger charge is 2.21. The fourth-order valence-electron chi connectivity index (χ4n) is 1.17. The highest BCUT2D eigenvalue weighted by molar-refractivity contribution is 5.92. The predicted molar refractivity (Wildman–Crippen MR) is 56.1 cm³/mol. The fraction of sp³-hybridized carbons (Fsp3) is 0.455. The zero-order valence-electron chi connectivity index (χ0n) is 9.38. The van der Waals surface area contributed by atoms with Gasteiger partial charge in [0, 0.05) is 11.8 Å². The number of hydrogen-bond donors (Lipinski definition) is 1. The molecule has 0 spiro atoms. The van der Waals surface area contributed by atoms with E-state index in [0.717, 1.165) is 0 Å². The zero-order chi connectivity index (χ0) is 11.6. The molecule has 1 heterocycles. The maximum absolute atomic E-state index is 11.6. The van der Waals surface area contributed by atoms with Crippen molar-refractivity contribution < 1.29 is 14.3 Å². The maximum atomic E-state index is 11.6. The number of nitrogens with one attached hydrogen (secondary N) is 1. The molecule has 4 heteroatoms. The van der Waals surface area contributed by atoms with Gasteiger partial charge in [-0.15, -0.1) is 0 Å². The van der Waals surface area contributed by atoms with Crippen LogP contribution in [0.1, 0.15) is 47.2 Å². The number of aromatic nitrogens is 1. The van der Waals surface area contributed by atoms with E-state index in [4.69, 9.17) is 4.74 Å². The quantitative estimate of drug-likeness (QED) is 0.599. The monoisotopic (exact) mass is 209 g/mol. The Morgan fingerprint density at radius 1 is 1.47 bits per heavy atom. The predicted octanol–water partition coefficient (Wildman–Crippen LogP) is 2.09. The highest BCUT2D eigenvalue weighted by Crippen LogP contribution is 2.16. The van der Waals surface area contributed by atoms with Gasteiger partial charge in [0.25, 0.3) is 0 Å². The van der Waals surface area contributed by atoms with Gasteiger partial charge in [-0.05, 0) is 33.3 Å². The number of aldehydes is 1. The smallest absolute Gasteiger partial charge is 0.355 e. The van der Waals surface area contributed by atoms with Gasteiger partial charge in [-0.1, -0.05) is 0 Å². The molecule has 1 rings (SSSR count). The Kier molecular flexibility index (Phi) is 2.98. The minimum atomic E-state index is -0.532. The van der Waals surface area contributed by atoms with Crippen LogP contribution in [-0.2, 0) is 4.74 Å². The Bertz CT molecular complexity index is 385. The van der Waals surface area contributed by atoms with Crippen molar-refractivity contribution in [3.05, 3.63) is 23.0 Å². The van der Waals surface area contributed by atoms with Crippen LogP contribution in [0.2, 0.25) is 0 Å². The molecule has 0 atom stereocenters. The molecule has 0 unspecified atom stereocenters.